The van der Waals surface area contributed by atoms with Crippen LogP contribution >= 0.6 is 0 Å². The number of aryl methyl sites for hydroxylation is 1. The van der Waals surface area contributed by atoms with E-state index in [9.17, 15) is 15.3 Å². The van der Waals surface area contributed by atoms with Crippen molar-refractivity contribution >= 4 is 0 Å². The molecule has 0 atom stereocenters. The number of methoxy groups -OCH3 is 1. The summed E-state index contributed by atoms with van der Waals surface area (Å²) >= 11 is 0. The number of hydrogen-bond acceptors (Lipinski definition) is 4. The lowest BCUT2D eigenvalue weighted by molar-refractivity contribution is 0.373. The molecule has 0 saturated heterocycles. The van der Waals surface area contributed by atoms with Crippen molar-refractivity contribution in [1.82, 2.24) is 0 Å². The largest absolute Gasteiger partial charge is 0.508 e. The van der Waals surface area contributed by atoms with Crippen molar-refractivity contribution in [2.45, 2.75) is 6.92 Å². The van der Waals surface area contributed by atoms with Crippen LogP contribution in [0.2, 0.25) is 0 Å². The number of phenolic OH excluding ortho intramolecular Hbond substituents is 3. The normalized spacial score (nSPS) is 10.3. The first-order valence-corrected chi connectivity index (χ1v) is 5.43. The molecule has 2 aromatic rings. The van der Waals surface area contributed by atoms with Crippen molar-refractivity contribution < 1.29 is 20.1 Å². The molecule has 0 heterocycles. The molecule has 0 aliphatic heterocycles. The van der Waals surface area contributed by atoms with Crippen LogP contribution in [0, 0.1) is 6.92 Å². The van der Waals surface area contributed by atoms with E-state index in [0.29, 0.717) is 16.9 Å². The Morgan fingerprint density at radius 3 is 2.28 bits per heavy atom. The second-order valence-corrected chi connectivity index (χ2v) is 4.04. The Morgan fingerprint density at radius 2 is 1.61 bits per heavy atom. The monoisotopic (exact) mass is 246 g/mol. The molecule has 4 nitrogen and oxygen atoms in total. The average Bonchev–Trinajstić information content (AvgIpc) is 2.35. The van der Waals surface area contributed by atoms with Gasteiger partial charge in [-0.15, -0.1) is 0 Å². The second kappa shape index (κ2) is 4.49. The van der Waals surface area contributed by atoms with Gasteiger partial charge in [-0.2, -0.15) is 0 Å². The quantitative estimate of drug-likeness (QED) is 0.712. The van der Waals surface area contributed by atoms with Gasteiger partial charge in [0.15, 0.2) is 11.5 Å². The van der Waals surface area contributed by atoms with Crippen molar-refractivity contribution in [3.05, 3.63) is 35.9 Å². The summed E-state index contributed by atoms with van der Waals surface area (Å²) in [7, 11) is 1.47. The van der Waals surface area contributed by atoms with Crippen LogP contribution in [0.5, 0.6) is 23.0 Å². The van der Waals surface area contributed by atoms with Crippen molar-refractivity contribution in [1.29, 1.82) is 0 Å². The van der Waals surface area contributed by atoms with Crippen molar-refractivity contribution in [2.24, 2.45) is 0 Å². The SMILES string of the molecule is COc1cc(C)c(-c2cc(O)ccc2O)cc1O. The predicted molar refractivity (Wildman–Crippen MR) is 68.2 cm³/mol. The highest BCUT2D eigenvalue weighted by molar-refractivity contribution is 5.76. The molecule has 0 aliphatic rings. The minimum Gasteiger partial charge on any atom is -0.508 e. The summed E-state index contributed by atoms with van der Waals surface area (Å²) in [5.41, 5.74) is 1.93. The number of hydrogen-bond donors (Lipinski definition) is 3. The summed E-state index contributed by atoms with van der Waals surface area (Å²) in [6, 6.07) is 7.43. The molecule has 94 valence electrons. The molecule has 0 saturated carbocycles. The first-order chi connectivity index (χ1) is 8.52. The van der Waals surface area contributed by atoms with Gasteiger partial charge in [0.2, 0.25) is 0 Å². The minimum absolute atomic E-state index is 0.0131. The van der Waals surface area contributed by atoms with Crippen LogP contribution < -0.4 is 4.74 Å². The van der Waals surface area contributed by atoms with E-state index in [2.05, 4.69) is 0 Å². The van der Waals surface area contributed by atoms with Crippen LogP contribution in [-0.4, -0.2) is 22.4 Å². The van der Waals surface area contributed by atoms with Crippen LogP contribution in [0.3, 0.4) is 0 Å². The summed E-state index contributed by atoms with van der Waals surface area (Å²) in [5, 5.41) is 29.0. The second-order valence-electron chi connectivity index (χ2n) is 4.04. The number of rotatable bonds is 2. The number of benzene rings is 2. The summed E-state index contributed by atoms with van der Waals surface area (Å²) in [5.74, 6) is 0.453. The highest BCUT2D eigenvalue weighted by Gasteiger charge is 2.12. The average molecular weight is 246 g/mol. The van der Waals surface area contributed by atoms with Gasteiger partial charge in [0.05, 0.1) is 7.11 Å². The van der Waals surface area contributed by atoms with E-state index in [-0.39, 0.29) is 17.2 Å². The summed E-state index contributed by atoms with van der Waals surface area (Å²) < 4.78 is 5.01. The van der Waals surface area contributed by atoms with Crippen LogP contribution in [0.1, 0.15) is 5.56 Å². The Morgan fingerprint density at radius 1 is 0.889 bits per heavy atom. The maximum atomic E-state index is 9.81. The lowest BCUT2D eigenvalue weighted by atomic mass is 9.98. The van der Waals surface area contributed by atoms with Gasteiger partial charge in [0, 0.05) is 5.56 Å². The van der Waals surface area contributed by atoms with Crippen LogP contribution in [-0.2, 0) is 0 Å². The molecule has 4 heteroatoms. The molecule has 0 radical (unpaired) electrons. The first-order valence-electron chi connectivity index (χ1n) is 5.43. The van der Waals surface area contributed by atoms with E-state index in [1.165, 1.54) is 31.4 Å². The predicted octanol–water partition coefficient (Wildman–Crippen LogP) is 2.79. The molecule has 2 rings (SSSR count). The summed E-state index contributed by atoms with van der Waals surface area (Å²) in [6.45, 7) is 1.83. The third-order valence-corrected chi connectivity index (χ3v) is 2.80. The Balaban J connectivity index is 2.64. The third-order valence-electron chi connectivity index (χ3n) is 2.80. The smallest absolute Gasteiger partial charge is 0.160 e. The molecular formula is C14H14O4. The molecule has 0 spiro atoms. The Hall–Kier alpha value is -2.36. The van der Waals surface area contributed by atoms with Gasteiger partial charge in [0.25, 0.3) is 0 Å². The van der Waals surface area contributed by atoms with Gasteiger partial charge in [-0.3, -0.25) is 0 Å². The summed E-state index contributed by atoms with van der Waals surface area (Å²) in [6.07, 6.45) is 0. The Kier molecular flexibility index (Phi) is 3.02. The number of aromatic hydroxyl groups is 3. The maximum Gasteiger partial charge on any atom is 0.160 e. The fourth-order valence-electron chi connectivity index (χ4n) is 1.86. The van der Waals surface area contributed by atoms with E-state index < -0.39 is 0 Å². The molecule has 0 unspecified atom stereocenters. The topological polar surface area (TPSA) is 69.9 Å². The Bertz CT molecular complexity index is 591. The van der Waals surface area contributed by atoms with E-state index in [1.807, 2.05) is 6.92 Å². The molecule has 0 aliphatic carbocycles. The summed E-state index contributed by atoms with van der Waals surface area (Å²) in [4.78, 5) is 0. The zero-order chi connectivity index (χ0) is 13.3. The van der Waals surface area contributed by atoms with Crippen molar-refractivity contribution in [3.63, 3.8) is 0 Å². The molecule has 0 bridgehead atoms. The standard InChI is InChI=1S/C14H14O4/c1-8-5-14(18-2)13(17)7-10(8)11-6-9(15)3-4-12(11)16/h3-7,15-17H,1-2H3. The van der Waals surface area contributed by atoms with Gasteiger partial charge >= 0.3 is 0 Å². The van der Waals surface area contributed by atoms with E-state index >= 15 is 0 Å². The first kappa shape index (κ1) is 12.1. The highest BCUT2D eigenvalue weighted by Crippen LogP contribution is 2.39. The molecule has 3 N–H and O–H groups in total. The molecule has 18 heavy (non-hydrogen) atoms. The lowest BCUT2D eigenvalue weighted by Crippen LogP contribution is -1.89. The van der Waals surface area contributed by atoms with Crippen LogP contribution in [0.15, 0.2) is 30.3 Å². The van der Waals surface area contributed by atoms with Gasteiger partial charge in [0.1, 0.15) is 11.5 Å². The third kappa shape index (κ3) is 2.05. The molecule has 0 aromatic heterocycles. The van der Waals surface area contributed by atoms with E-state index in [4.69, 9.17) is 4.74 Å². The maximum absolute atomic E-state index is 9.81. The minimum atomic E-state index is -0.0131. The zero-order valence-corrected chi connectivity index (χ0v) is 10.1. The molecule has 0 amide bonds. The highest BCUT2D eigenvalue weighted by atomic mass is 16.5. The van der Waals surface area contributed by atoms with Gasteiger partial charge in [-0.1, -0.05) is 0 Å². The fourth-order valence-corrected chi connectivity index (χ4v) is 1.86. The van der Waals surface area contributed by atoms with Gasteiger partial charge < -0.3 is 20.1 Å². The zero-order valence-electron chi connectivity index (χ0n) is 10.1. The fraction of sp³-hybridized carbons (Fsp3) is 0.143. The number of ether oxygens (including phenoxy) is 1. The van der Waals surface area contributed by atoms with Crippen LogP contribution in [0.25, 0.3) is 11.1 Å². The van der Waals surface area contributed by atoms with E-state index in [1.54, 1.807) is 6.07 Å². The molecular weight excluding hydrogens is 232 g/mol. The Labute approximate surface area is 105 Å². The van der Waals surface area contributed by atoms with E-state index in [0.717, 1.165) is 5.56 Å². The number of phenols is 3. The van der Waals surface area contributed by atoms with Gasteiger partial charge in [-0.25, -0.2) is 0 Å². The molecule has 2 aromatic carbocycles. The van der Waals surface area contributed by atoms with Crippen molar-refractivity contribution in [3.8, 4) is 34.1 Å². The van der Waals surface area contributed by atoms with Crippen molar-refractivity contribution in [2.75, 3.05) is 7.11 Å². The lowest BCUT2D eigenvalue weighted by Gasteiger charge is -2.12. The van der Waals surface area contributed by atoms with Crippen LogP contribution in [0.4, 0.5) is 0 Å². The molecule has 0 fully saturated rings. The van der Waals surface area contributed by atoms with Gasteiger partial charge in [-0.05, 0) is 48.4 Å².